The molecule has 0 radical (unpaired) electrons. The third-order valence-electron chi connectivity index (χ3n) is 1.86. The number of carbonyl (C=O) groups excluding carboxylic acids is 2. The fourth-order valence-electron chi connectivity index (χ4n) is 1.13. The molecule has 2 heterocycles. The molecule has 0 spiro atoms. The molecule has 5 nitrogen and oxygen atoms in total. The zero-order chi connectivity index (χ0) is 10.8. The van der Waals surface area contributed by atoms with Crippen molar-refractivity contribution in [2.45, 2.75) is 6.17 Å². The number of hydrogen-bond donors (Lipinski definition) is 1. The third kappa shape index (κ3) is 1.74. The maximum atomic E-state index is 12.8. The number of nitrogens with zero attached hydrogens (tertiary/aromatic N) is 2. The summed E-state index contributed by atoms with van der Waals surface area (Å²) in [6.45, 7) is 0. The van der Waals surface area contributed by atoms with Gasteiger partial charge in [0.25, 0.3) is 18.0 Å². The lowest BCUT2D eigenvalue weighted by atomic mass is 10.2. The maximum Gasteiger partial charge on any atom is 0.292 e. The number of aliphatic imine (C=N–C) groups is 1. The predicted octanol–water partition coefficient (Wildman–Crippen LogP) is -0.177. The number of amidine groups is 1. The lowest BCUT2D eigenvalue weighted by molar-refractivity contribution is -0.134. The van der Waals surface area contributed by atoms with E-state index in [1.807, 2.05) is 0 Å². The molecule has 2 amide bonds. The molecule has 0 fully saturated rings. The minimum atomic E-state index is -2.20. The summed E-state index contributed by atoms with van der Waals surface area (Å²) < 4.78 is 12.8. The van der Waals surface area contributed by atoms with Gasteiger partial charge in [0.15, 0.2) is 0 Å². The summed E-state index contributed by atoms with van der Waals surface area (Å²) >= 11 is 0. The minimum absolute atomic E-state index is 0.0568. The van der Waals surface area contributed by atoms with Crippen LogP contribution < -0.4 is 5.32 Å². The number of nitrogens with one attached hydrogen (secondary N) is 1. The van der Waals surface area contributed by atoms with E-state index in [1.54, 1.807) is 12.1 Å². The van der Waals surface area contributed by atoms with Gasteiger partial charge in [-0.25, -0.2) is 4.39 Å². The van der Waals surface area contributed by atoms with Crippen molar-refractivity contribution in [1.29, 1.82) is 0 Å². The van der Waals surface area contributed by atoms with Gasteiger partial charge in [-0.2, -0.15) is 4.99 Å². The Labute approximate surface area is 84.0 Å². The van der Waals surface area contributed by atoms with Crippen LogP contribution in [0.3, 0.4) is 0 Å². The van der Waals surface area contributed by atoms with Gasteiger partial charge in [-0.1, -0.05) is 0 Å². The number of pyridine rings is 1. The quantitative estimate of drug-likeness (QED) is 0.649. The molecule has 2 rings (SSSR count). The van der Waals surface area contributed by atoms with Gasteiger partial charge < -0.3 is 5.32 Å². The van der Waals surface area contributed by atoms with Crippen LogP contribution in [0.4, 0.5) is 4.39 Å². The van der Waals surface area contributed by atoms with Crippen LogP contribution in [0.25, 0.3) is 0 Å². The lowest BCUT2D eigenvalue weighted by Crippen LogP contribution is -2.45. The average molecular weight is 207 g/mol. The largest absolute Gasteiger partial charge is 0.307 e. The Balaban J connectivity index is 2.36. The first-order valence-corrected chi connectivity index (χ1v) is 4.16. The summed E-state index contributed by atoms with van der Waals surface area (Å²) in [7, 11) is 0. The van der Waals surface area contributed by atoms with Crippen molar-refractivity contribution in [3.8, 4) is 0 Å². The van der Waals surface area contributed by atoms with Crippen LogP contribution in [0, 0.1) is 0 Å². The number of carbonyl (C=O) groups is 2. The Bertz CT molecular complexity index is 444. The highest BCUT2D eigenvalue weighted by atomic mass is 19.1. The molecule has 1 aromatic rings. The van der Waals surface area contributed by atoms with Gasteiger partial charge in [-0.15, -0.1) is 0 Å². The van der Waals surface area contributed by atoms with Gasteiger partial charge in [-0.3, -0.25) is 14.6 Å². The fraction of sp³-hybridized carbons (Fsp3) is 0.111. The Morgan fingerprint density at radius 3 is 2.53 bits per heavy atom. The summed E-state index contributed by atoms with van der Waals surface area (Å²) in [5, 5.41) is 2.20. The van der Waals surface area contributed by atoms with E-state index in [9.17, 15) is 14.0 Å². The predicted molar refractivity (Wildman–Crippen MR) is 48.8 cm³/mol. The molecule has 0 saturated heterocycles. The summed E-state index contributed by atoms with van der Waals surface area (Å²) in [6, 6.07) is 3.12. The molecule has 0 aliphatic carbocycles. The second kappa shape index (κ2) is 3.56. The SMILES string of the molecule is O=C1N=C(c2ccncc2)NC(=O)C1F. The van der Waals surface area contributed by atoms with E-state index in [-0.39, 0.29) is 5.84 Å². The number of halogens is 1. The van der Waals surface area contributed by atoms with Gasteiger partial charge in [-0.05, 0) is 12.1 Å². The standard InChI is InChI=1S/C9H6FN3O2/c10-6-8(14)12-7(13-9(6)15)5-1-3-11-4-2-5/h1-4,6H,(H,12,13,14,15). The number of hydrogen-bond acceptors (Lipinski definition) is 3. The molecule has 0 bridgehead atoms. The van der Waals surface area contributed by atoms with Crippen LogP contribution >= 0.6 is 0 Å². The van der Waals surface area contributed by atoms with Crippen LogP contribution in [0.5, 0.6) is 0 Å². The zero-order valence-corrected chi connectivity index (χ0v) is 7.48. The number of rotatable bonds is 1. The molecule has 1 aliphatic heterocycles. The highest BCUT2D eigenvalue weighted by Crippen LogP contribution is 2.06. The van der Waals surface area contributed by atoms with E-state index < -0.39 is 18.0 Å². The Kier molecular flexibility index (Phi) is 2.24. The first-order chi connectivity index (χ1) is 7.18. The van der Waals surface area contributed by atoms with Crippen LogP contribution in [0.15, 0.2) is 29.5 Å². The molecule has 0 aromatic carbocycles. The second-order valence-corrected chi connectivity index (χ2v) is 2.89. The molecule has 1 aliphatic rings. The van der Waals surface area contributed by atoms with E-state index in [0.29, 0.717) is 5.56 Å². The van der Waals surface area contributed by atoms with Gasteiger partial charge in [0, 0.05) is 18.0 Å². The van der Waals surface area contributed by atoms with E-state index in [0.717, 1.165) is 0 Å². The number of alkyl halides is 1. The summed E-state index contributed by atoms with van der Waals surface area (Å²) in [4.78, 5) is 29.1. The van der Waals surface area contributed by atoms with Crippen LogP contribution in [0.2, 0.25) is 0 Å². The topological polar surface area (TPSA) is 71.4 Å². The van der Waals surface area contributed by atoms with E-state index >= 15 is 0 Å². The normalized spacial score (nSPS) is 20.9. The third-order valence-corrected chi connectivity index (χ3v) is 1.86. The van der Waals surface area contributed by atoms with Crippen LogP contribution in [-0.2, 0) is 9.59 Å². The van der Waals surface area contributed by atoms with Crippen molar-refractivity contribution >= 4 is 17.6 Å². The molecule has 6 heteroatoms. The van der Waals surface area contributed by atoms with Crippen LogP contribution in [-0.4, -0.2) is 28.8 Å². The maximum absolute atomic E-state index is 12.8. The Morgan fingerprint density at radius 2 is 1.93 bits per heavy atom. The van der Waals surface area contributed by atoms with Crippen molar-refractivity contribution in [2.75, 3.05) is 0 Å². The summed E-state index contributed by atoms with van der Waals surface area (Å²) in [6.07, 6.45) is 0.766. The molecule has 15 heavy (non-hydrogen) atoms. The number of amides is 2. The smallest absolute Gasteiger partial charge is 0.292 e. The lowest BCUT2D eigenvalue weighted by Gasteiger charge is -2.14. The van der Waals surface area contributed by atoms with Gasteiger partial charge in [0.2, 0.25) is 0 Å². The number of aromatic nitrogens is 1. The molecule has 1 N–H and O–H groups in total. The van der Waals surface area contributed by atoms with Gasteiger partial charge in [0.05, 0.1) is 0 Å². The summed E-state index contributed by atoms with van der Waals surface area (Å²) in [5.41, 5.74) is 0.513. The van der Waals surface area contributed by atoms with Crippen molar-refractivity contribution in [1.82, 2.24) is 10.3 Å². The molecular weight excluding hydrogens is 201 g/mol. The molecule has 1 aromatic heterocycles. The zero-order valence-electron chi connectivity index (χ0n) is 7.48. The van der Waals surface area contributed by atoms with E-state index in [4.69, 9.17) is 0 Å². The monoisotopic (exact) mass is 207 g/mol. The highest BCUT2D eigenvalue weighted by molar-refractivity contribution is 6.22. The molecule has 0 saturated carbocycles. The first-order valence-electron chi connectivity index (χ1n) is 4.16. The van der Waals surface area contributed by atoms with Crippen molar-refractivity contribution in [3.63, 3.8) is 0 Å². The van der Waals surface area contributed by atoms with Crippen molar-refractivity contribution in [3.05, 3.63) is 30.1 Å². The van der Waals surface area contributed by atoms with E-state index in [2.05, 4.69) is 15.3 Å². The van der Waals surface area contributed by atoms with Crippen LogP contribution in [0.1, 0.15) is 5.56 Å². The molecule has 76 valence electrons. The fourth-order valence-corrected chi connectivity index (χ4v) is 1.13. The molecule has 1 atom stereocenters. The first kappa shape index (κ1) is 9.45. The molecular formula is C9H6FN3O2. The minimum Gasteiger partial charge on any atom is -0.307 e. The molecule has 1 unspecified atom stereocenters. The summed E-state index contributed by atoms with van der Waals surface area (Å²) in [5.74, 6) is -2.01. The van der Waals surface area contributed by atoms with Crippen molar-refractivity contribution in [2.24, 2.45) is 4.99 Å². The second-order valence-electron chi connectivity index (χ2n) is 2.89. The van der Waals surface area contributed by atoms with Gasteiger partial charge >= 0.3 is 0 Å². The Morgan fingerprint density at radius 1 is 1.27 bits per heavy atom. The van der Waals surface area contributed by atoms with Gasteiger partial charge in [0.1, 0.15) is 5.84 Å². The van der Waals surface area contributed by atoms with Crippen molar-refractivity contribution < 1.29 is 14.0 Å². The van der Waals surface area contributed by atoms with E-state index in [1.165, 1.54) is 12.4 Å². The highest BCUT2D eigenvalue weighted by Gasteiger charge is 2.31. The Hall–Kier alpha value is -2.11. The average Bonchev–Trinajstić information content (AvgIpc) is 2.26.